The Morgan fingerprint density at radius 2 is 2.00 bits per heavy atom. The standard InChI is InChI=1S/C15H22O4/c1-8-6-12-10(9(2)14(17)18-12)4-5-15(3)13(19-15)7-11(8)16/h8-10,12-13H,4-7H2,1-3H3/t8-,9-,10-,12+,13+,15+/m0/s1. The van der Waals surface area contributed by atoms with Crippen LogP contribution in [0.25, 0.3) is 0 Å². The smallest absolute Gasteiger partial charge is 0.309 e. The molecule has 106 valence electrons. The Kier molecular flexibility index (Phi) is 2.97. The molecule has 3 rings (SSSR count). The lowest BCUT2D eigenvalue weighted by atomic mass is 9.79. The second kappa shape index (κ2) is 4.30. The van der Waals surface area contributed by atoms with Gasteiger partial charge in [0.2, 0.25) is 0 Å². The van der Waals surface area contributed by atoms with Crippen LogP contribution in [0.15, 0.2) is 0 Å². The van der Waals surface area contributed by atoms with E-state index in [0.717, 1.165) is 12.8 Å². The van der Waals surface area contributed by atoms with Crippen LogP contribution in [0.3, 0.4) is 0 Å². The van der Waals surface area contributed by atoms with Crippen LogP contribution in [0.4, 0.5) is 0 Å². The zero-order valence-electron chi connectivity index (χ0n) is 11.8. The van der Waals surface area contributed by atoms with Gasteiger partial charge in [0.15, 0.2) is 0 Å². The highest BCUT2D eigenvalue weighted by Crippen LogP contribution is 2.47. The molecule has 3 fully saturated rings. The van der Waals surface area contributed by atoms with Gasteiger partial charge in [-0.3, -0.25) is 9.59 Å². The summed E-state index contributed by atoms with van der Waals surface area (Å²) in [6.45, 7) is 5.96. The van der Waals surface area contributed by atoms with Gasteiger partial charge in [-0.05, 0) is 26.2 Å². The molecule has 1 saturated carbocycles. The zero-order valence-corrected chi connectivity index (χ0v) is 11.8. The molecule has 2 aliphatic heterocycles. The molecule has 0 spiro atoms. The zero-order chi connectivity index (χ0) is 13.8. The van der Waals surface area contributed by atoms with Crippen LogP contribution in [0.5, 0.6) is 0 Å². The molecule has 0 aromatic rings. The molecule has 1 aliphatic carbocycles. The summed E-state index contributed by atoms with van der Waals surface area (Å²) in [5, 5.41) is 0. The number of hydrogen-bond donors (Lipinski definition) is 0. The summed E-state index contributed by atoms with van der Waals surface area (Å²) in [6, 6.07) is 0. The van der Waals surface area contributed by atoms with Gasteiger partial charge < -0.3 is 9.47 Å². The Balaban J connectivity index is 1.81. The van der Waals surface area contributed by atoms with Crippen molar-refractivity contribution in [1.82, 2.24) is 0 Å². The molecule has 2 saturated heterocycles. The first-order valence-electron chi connectivity index (χ1n) is 7.32. The minimum absolute atomic E-state index is 0.0443. The highest BCUT2D eigenvalue weighted by Gasteiger charge is 2.55. The second-order valence-electron chi connectivity index (χ2n) is 6.69. The third-order valence-electron chi connectivity index (χ3n) is 5.29. The molecule has 0 aromatic heterocycles. The first kappa shape index (κ1) is 13.1. The second-order valence-corrected chi connectivity index (χ2v) is 6.69. The van der Waals surface area contributed by atoms with Crippen molar-refractivity contribution in [3.8, 4) is 0 Å². The summed E-state index contributed by atoms with van der Waals surface area (Å²) in [4.78, 5) is 23.9. The van der Waals surface area contributed by atoms with E-state index in [1.807, 2.05) is 13.8 Å². The number of ether oxygens (including phenoxy) is 2. The highest BCUT2D eigenvalue weighted by molar-refractivity contribution is 5.82. The SMILES string of the molecule is C[C@@H]1C(=O)O[C@@H]2C[C@H](C)C(=O)C[C@H]3O[C@]3(C)CC[C@@H]12. The number of carbonyl (C=O) groups excluding carboxylic acids is 2. The van der Waals surface area contributed by atoms with Crippen molar-refractivity contribution in [2.45, 2.75) is 64.3 Å². The molecule has 19 heavy (non-hydrogen) atoms. The summed E-state index contributed by atoms with van der Waals surface area (Å²) in [6.07, 6.45) is 3.06. The number of fused-ring (bicyclic) bond motifs is 2. The maximum Gasteiger partial charge on any atom is 0.309 e. The summed E-state index contributed by atoms with van der Waals surface area (Å²) in [7, 11) is 0. The summed E-state index contributed by atoms with van der Waals surface area (Å²) in [5.74, 6) is 0.282. The molecule has 0 amide bonds. The fourth-order valence-corrected chi connectivity index (χ4v) is 3.59. The van der Waals surface area contributed by atoms with E-state index in [9.17, 15) is 9.59 Å². The molecule has 2 heterocycles. The lowest BCUT2D eigenvalue weighted by Gasteiger charge is -2.24. The third-order valence-corrected chi connectivity index (χ3v) is 5.29. The predicted octanol–water partition coefficient (Wildman–Crippen LogP) is 2.10. The summed E-state index contributed by atoms with van der Waals surface area (Å²) in [5.41, 5.74) is -0.150. The van der Waals surface area contributed by atoms with E-state index in [-0.39, 0.29) is 47.3 Å². The maximum atomic E-state index is 12.1. The molecule has 0 unspecified atom stereocenters. The van der Waals surface area contributed by atoms with Crippen molar-refractivity contribution in [3.05, 3.63) is 0 Å². The lowest BCUT2D eigenvalue weighted by Crippen LogP contribution is -2.29. The summed E-state index contributed by atoms with van der Waals surface area (Å²) >= 11 is 0. The van der Waals surface area contributed by atoms with Gasteiger partial charge in [-0.2, -0.15) is 0 Å². The van der Waals surface area contributed by atoms with Gasteiger partial charge in [0, 0.05) is 18.3 Å². The molecule has 6 atom stereocenters. The molecule has 3 aliphatic rings. The predicted molar refractivity (Wildman–Crippen MR) is 68.5 cm³/mol. The number of rotatable bonds is 0. The van der Waals surface area contributed by atoms with Crippen LogP contribution >= 0.6 is 0 Å². The third kappa shape index (κ3) is 2.20. The minimum Gasteiger partial charge on any atom is -0.462 e. The van der Waals surface area contributed by atoms with E-state index in [4.69, 9.17) is 9.47 Å². The molecular weight excluding hydrogens is 244 g/mol. The van der Waals surface area contributed by atoms with Gasteiger partial charge >= 0.3 is 5.97 Å². The Bertz CT molecular complexity index is 418. The van der Waals surface area contributed by atoms with Crippen molar-refractivity contribution in [2.75, 3.05) is 0 Å². The van der Waals surface area contributed by atoms with Crippen LogP contribution in [0.2, 0.25) is 0 Å². The fraction of sp³-hybridized carbons (Fsp3) is 0.867. The van der Waals surface area contributed by atoms with Crippen LogP contribution in [0.1, 0.15) is 46.5 Å². The van der Waals surface area contributed by atoms with E-state index in [1.54, 1.807) is 0 Å². The van der Waals surface area contributed by atoms with Crippen molar-refractivity contribution in [1.29, 1.82) is 0 Å². The number of carbonyl (C=O) groups is 2. The van der Waals surface area contributed by atoms with Gasteiger partial charge in [-0.15, -0.1) is 0 Å². The van der Waals surface area contributed by atoms with E-state index < -0.39 is 0 Å². The number of esters is 1. The molecule has 0 N–H and O–H groups in total. The molecule has 4 heteroatoms. The maximum absolute atomic E-state index is 12.1. The largest absolute Gasteiger partial charge is 0.462 e. The Hall–Kier alpha value is -0.900. The van der Waals surface area contributed by atoms with Gasteiger partial charge in [0.1, 0.15) is 11.9 Å². The molecule has 4 nitrogen and oxygen atoms in total. The van der Waals surface area contributed by atoms with E-state index in [1.165, 1.54) is 0 Å². The number of epoxide rings is 1. The van der Waals surface area contributed by atoms with Crippen LogP contribution in [-0.2, 0) is 19.1 Å². The normalized spacial score (nSPS) is 50.2. The van der Waals surface area contributed by atoms with Crippen LogP contribution < -0.4 is 0 Å². The van der Waals surface area contributed by atoms with Gasteiger partial charge in [0.05, 0.1) is 17.6 Å². The van der Waals surface area contributed by atoms with Crippen molar-refractivity contribution >= 4 is 11.8 Å². The Morgan fingerprint density at radius 3 is 2.74 bits per heavy atom. The van der Waals surface area contributed by atoms with E-state index in [2.05, 4.69) is 6.92 Å². The molecule has 0 aromatic carbocycles. The molecular formula is C15H22O4. The average Bonchev–Trinajstić information content (AvgIpc) is 2.89. The van der Waals surface area contributed by atoms with Crippen LogP contribution in [0, 0.1) is 17.8 Å². The minimum atomic E-state index is -0.150. The fourth-order valence-electron chi connectivity index (χ4n) is 3.59. The summed E-state index contributed by atoms with van der Waals surface area (Å²) < 4.78 is 11.2. The Morgan fingerprint density at radius 1 is 1.26 bits per heavy atom. The molecule has 0 bridgehead atoms. The van der Waals surface area contributed by atoms with E-state index in [0.29, 0.717) is 12.8 Å². The topological polar surface area (TPSA) is 55.9 Å². The van der Waals surface area contributed by atoms with Crippen molar-refractivity contribution < 1.29 is 19.1 Å². The number of ketones is 1. The first-order chi connectivity index (χ1) is 8.90. The van der Waals surface area contributed by atoms with E-state index >= 15 is 0 Å². The van der Waals surface area contributed by atoms with Gasteiger partial charge in [-0.1, -0.05) is 13.8 Å². The highest BCUT2D eigenvalue weighted by atomic mass is 16.6. The van der Waals surface area contributed by atoms with Crippen molar-refractivity contribution in [3.63, 3.8) is 0 Å². The monoisotopic (exact) mass is 266 g/mol. The van der Waals surface area contributed by atoms with Crippen molar-refractivity contribution in [2.24, 2.45) is 17.8 Å². The van der Waals surface area contributed by atoms with Crippen LogP contribution in [-0.4, -0.2) is 29.6 Å². The molecule has 0 radical (unpaired) electrons. The lowest BCUT2D eigenvalue weighted by molar-refractivity contribution is -0.145. The average molecular weight is 266 g/mol. The van der Waals surface area contributed by atoms with Gasteiger partial charge in [-0.25, -0.2) is 0 Å². The Labute approximate surface area is 113 Å². The van der Waals surface area contributed by atoms with Gasteiger partial charge in [0.25, 0.3) is 0 Å². The number of hydrogen-bond acceptors (Lipinski definition) is 4. The number of Topliss-reactive ketones (excluding diaryl/α,β-unsaturated/α-hetero) is 1. The first-order valence-corrected chi connectivity index (χ1v) is 7.32. The quantitative estimate of drug-likeness (QED) is 0.497.